The third kappa shape index (κ3) is 7.12. The molecule has 2 unspecified atom stereocenters. The number of amides is 1. The van der Waals surface area contributed by atoms with Gasteiger partial charge in [-0.2, -0.15) is 12.6 Å². The molecule has 0 fully saturated rings. The maximum absolute atomic E-state index is 12.9. The molecule has 0 aliphatic heterocycles. The number of hydrogen-bond acceptors (Lipinski definition) is 4. The highest BCUT2D eigenvalue weighted by Crippen LogP contribution is 2.21. The van der Waals surface area contributed by atoms with Crippen molar-refractivity contribution < 1.29 is 19.4 Å². The Morgan fingerprint density at radius 2 is 1.64 bits per heavy atom. The van der Waals surface area contributed by atoms with Crippen LogP contribution in [-0.2, 0) is 22.4 Å². The Bertz CT molecular complexity index is 1050. The van der Waals surface area contributed by atoms with Gasteiger partial charge in [0.2, 0.25) is 5.91 Å². The van der Waals surface area contributed by atoms with Gasteiger partial charge in [0, 0.05) is 11.7 Å². The number of nitrogens with one attached hydrogen (secondary N) is 1. The molecule has 0 radical (unpaired) electrons. The lowest BCUT2D eigenvalue weighted by Crippen LogP contribution is -2.38. The Kier molecular flexibility index (Phi) is 8.95. The summed E-state index contributed by atoms with van der Waals surface area (Å²) in [7, 11) is 1.62. The fourth-order valence-electron chi connectivity index (χ4n) is 3.70. The standard InChI is InChI=1S/C27H29NO4S/c1-32-24-14-11-20(12-15-24)16-21-8-5-9-22(17-21)25(27(30)31)28-26(29)23(18-33)13-10-19-6-3-2-4-7-19/h2-9,11-12,14-15,17,23,25,33H,10,13,16,18H2,1H3,(H,28,29)(H,30,31). The average Bonchev–Trinajstić information content (AvgIpc) is 2.84. The monoisotopic (exact) mass is 463 g/mol. The first-order valence-electron chi connectivity index (χ1n) is 10.9. The van der Waals surface area contributed by atoms with Crippen LogP contribution < -0.4 is 10.1 Å². The molecule has 6 heteroatoms. The Labute approximate surface area is 200 Å². The van der Waals surface area contributed by atoms with Gasteiger partial charge in [-0.1, -0.05) is 66.7 Å². The molecule has 172 valence electrons. The van der Waals surface area contributed by atoms with Crippen LogP contribution in [0.25, 0.3) is 0 Å². The summed E-state index contributed by atoms with van der Waals surface area (Å²) in [4.78, 5) is 24.9. The quantitative estimate of drug-likeness (QED) is 0.360. The summed E-state index contributed by atoms with van der Waals surface area (Å²) in [6.07, 6.45) is 1.98. The second-order valence-corrected chi connectivity index (χ2v) is 8.32. The maximum atomic E-state index is 12.9. The predicted octanol–water partition coefficient (Wildman–Crippen LogP) is 4.71. The molecule has 3 aromatic carbocycles. The van der Waals surface area contributed by atoms with Gasteiger partial charge in [-0.3, -0.25) is 4.79 Å². The molecule has 2 N–H and O–H groups in total. The fourth-order valence-corrected chi connectivity index (χ4v) is 4.05. The number of hydrogen-bond donors (Lipinski definition) is 3. The number of aliphatic carboxylic acids is 1. The zero-order valence-corrected chi connectivity index (χ0v) is 19.5. The highest BCUT2D eigenvalue weighted by atomic mass is 32.1. The molecule has 0 heterocycles. The first-order valence-corrected chi connectivity index (χ1v) is 11.5. The van der Waals surface area contributed by atoms with Crippen LogP contribution in [0.4, 0.5) is 0 Å². The summed E-state index contributed by atoms with van der Waals surface area (Å²) < 4.78 is 5.19. The van der Waals surface area contributed by atoms with Crippen molar-refractivity contribution in [3.8, 4) is 5.75 Å². The zero-order chi connectivity index (χ0) is 23.6. The first kappa shape index (κ1) is 24.4. The van der Waals surface area contributed by atoms with Crippen molar-refractivity contribution in [2.24, 2.45) is 5.92 Å². The Balaban J connectivity index is 1.68. The molecule has 0 spiro atoms. The molecule has 1 amide bonds. The van der Waals surface area contributed by atoms with Crippen molar-refractivity contribution in [2.45, 2.75) is 25.3 Å². The third-order valence-corrected chi connectivity index (χ3v) is 6.04. The van der Waals surface area contributed by atoms with Gasteiger partial charge < -0.3 is 15.2 Å². The SMILES string of the molecule is COc1ccc(Cc2cccc(C(NC(=O)C(CS)CCc3ccccc3)C(=O)O)c2)cc1. The number of carbonyl (C=O) groups excluding carboxylic acids is 1. The summed E-state index contributed by atoms with van der Waals surface area (Å²) in [6.45, 7) is 0. The molecule has 0 saturated heterocycles. The second-order valence-electron chi connectivity index (χ2n) is 7.95. The van der Waals surface area contributed by atoms with Crippen molar-refractivity contribution in [3.05, 3.63) is 101 Å². The fraction of sp³-hybridized carbons (Fsp3) is 0.259. The van der Waals surface area contributed by atoms with Crippen LogP contribution in [0.3, 0.4) is 0 Å². The van der Waals surface area contributed by atoms with Gasteiger partial charge in [-0.25, -0.2) is 4.79 Å². The molecule has 5 nitrogen and oxygen atoms in total. The van der Waals surface area contributed by atoms with E-state index in [1.54, 1.807) is 13.2 Å². The summed E-state index contributed by atoms with van der Waals surface area (Å²) in [6, 6.07) is 23.9. The number of carbonyl (C=O) groups is 2. The summed E-state index contributed by atoms with van der Waals surface area (Å²) >= 11 is 4.33. The number of aryl methyl sites for hydroxylation is 1. The average molecular weight is 464 g/mol. The van der Waals surface area contributed by atoms with Crippen LogP contribution in [0.1, 0.15) is 34.7 Å². The number of carboxylic acid groups (broad SMARTS) is 1. The Morgan fingerprint density at radius 1 is 0.939 bits per heavy atom. The van der Waals surface area contributed by atoms with Crippen LogP contribution >= 0.6 is 12.6 Å². The largest absolute Gasteiger partial charge is 0.497 e. The molecule has 33 heavy (non-hydrogen) atoms. The molecule has 0 saturated carbocycles. The molecular weight excluding hydrogens is 434 g/mol. The molecule has 3 rings (SSSR count). The van der Waals surface area contributed by atoms with E-state index in [0.717, 1.165) is 28.9 Å². The van der Waals surface area contributed by atoms with Gasteiger partial charge in [-0.05, 0) is 53.6 Å². The Morgan fingerprint density at radius 3 is 2.27 bits per heavy atom. The summed E-state index contributed by atoms with van der Waals surface area (Å²) in [5.74, 6) is -0.632. The second kappa shape index (κ2) is 12.1. The number of benzene rings is 3. The predicted molar refractivity (Wildman–Crippen MR) is 133 cm³/mol. The lowest BCUT2D eigenvalue weighted by Gasteiger charge is -2.20. The smallest absolute Gasteiger partial charge is 0.330 e. The van der Waals surface area contributed by atoms with Crippen molar-refractivity contribution >= 4 is 24.5 Å². The highest BCUT2D eigenvalue weighted by molar-refractivity contribution is 7.80. The van der Waals surface area contributed by atoms with Gasteiger partial charge in [0.05, 0.1) is 7.11 Å². The van der Waals surface area contributed by atoms with E-state index >= 15 is 0 Å². The number of methoxy groups -OCH3 is 1. The molecule has 3 aromatic rings. The molecule has 0 aliphatic rings. The number of thiol groups is 1. The van der Waals surface area contributed by atoms with E-state index in [4.69, 9.17) is 4.74 Å². The lowest BCUT2D eigenvalue weighted by atomic mass is 9.97. The van der Waals surface area contributed by atoms with Gasteiger partial charge in [0.1, 0.15) is 5.75 Å². The zero-order valence-electron chi connectivity index (χ0n) is 18.6. The van der Waals surface area contributed by atoms with E-state index < -0.39 is 12.0 Å². The van der Waals surface area contributed by atoms with Gasteiger partial charge in [-0.15, -0.1) is 0 Å². The van der Waals surface area contributed by atoms with Crippen LogP contribution in [0.15, 0.2) is 78.9 Å². The van der Waals surface area contributed by atoms with Gasteiger partial charge in [0.25, 0.3) is 0 Å². The number of ether oxygens (including phenoxy) is 1. The van der Waals surface area contributed by atoms with E-state index in [-0.39, 0.29) is 11.8 Å². The van der Waals surface area contributed by atoms with E-state index in [0.29, 0.717) is 24.2 Å². The molecule has 0 bridgehead atoms. The third-order valence-electron chi connectivity index (χ3n) is 5.60. The minimum Gasteiger partial charge on any atom is -0.497 e. The number of rotatable bonds is 11. The molecule has 0 aromatic heterocycles. The van der Waals surface area contributed by atoms with Gasteiger partial charge >= 0.3 is 5.97 Å². The first-order chi connectivity index (χ1) is 16.0. The molecule has 0 aliphatic carbocycles. The molecular formula is C27H29NO4S. The van der Waals surface area contributed by atoms with Crippen LogP contribution in [0.2, 0.25) is 0 Å². The van der Waals surface area contributed by atoms with E-state index in [2.05, 4.69) is 17.9 Å². The van der Waals surface area contributed by atoms with Crippen LogP contribution in [-0.4, -0.2) is 29.8 Å². The van der Waals surface area contributed by atoms with Gasteiger partial charge in [0.15, 0.2) is 6.04 Å². The normalized spacial score (nSPS) is 12.5. The Hall–Kier alpha value is -3.25. The van der Waals surface area contributed by atoms with Crippen molar-refractivity contribution in [3.63, 3.8) is 0 Å². The summed E-state index contributed by atoms with van der Waals surface area (Å²) in [5.41, 5.74) is 3.73. The number of carboxylic acids is 1. The van der Waals surface area contributed by atoms with Crippen molar-refractivity contribution in [2.75, 3.05) is 12.9 Å². The summed E-state index contributed by atoms with van der Waals surface area (Å²) in [5, 5.41) is 12.6. The van der Waals surface area contributed by atoms with E-state index in [1.165, 1.54) is 0 Å². The lowest BCUT2D eigenvalue weighted by molar-refractivity contribution is -0.142. The minimum absolute atomic E-state index is 0.297. The van der Waals surface area contributed by atoms with Crippen molar-refractivity contribution in [1.82, 2.24) is 5.32 Å². The maximum Gasteiger partial charge on any atom is 0.330 e. The molecule has 2 atom stereocenters. The van der Waals surface area contributed by atoms with Crippen LogP contribution in [0, 0.1) is 5.92 Å². The van der Waals surface area contributed by atoms with Crippen molar-refractivity contribution in [1.29, 1.82) is 0 Å². The van der Waals surface area contributed by atoms with Crippen LogP contribution in [0.5, 0.6) is 5.75 Å². The highest BCUT2D eigenvalue weighted by Gasteiger charge is 2.26. The van der Waals surface area contributed by atoms with E-state index in [9.17, 15) is 14.7 Å². The minimum atomic E-state index is -1.12. The topological polar surface area (TPSA) is 75.6 Å². The van der Waals surface area contributed by atoms with E-state index in [1.807, 2.05) is 72.8 Å².